The van der Waals surface area contributed by atoms with Crippen LogP contribution in [-0.4, -0.2) is 23.8 Å². The second-order valence-electron chi connectivity index (χ2n) is 3.77. The number of hydrogen-bond acceptors (Lipinski definition) is 3. The Balaban J connectivity index is 0.00000144. The first kappa shape index (κ1) is 13.8. The number of hydrogen-bond donors (Lipinski definition) is 3. The van der Waals surface area contributed by atoms with Crippen LogP contribution in [0.3, 0.4) is 0 Å². The van der Waals surface area contributed by atoms with Gasteiger partial charge in [-0.05, 0) is 30.2 Å². The van der Waals surface area contributed by atoms with Crippen molar-refractivity contribution in [2.75, 3.05) is 13.7 Å². The summed E-state index contributed by atoms with van der Waals surface area (Å²) in [5.74, 6) is 0.810. The highest BCUT2D eigenvalue weighted by atomic mass is 35.5. The number of benzene rings is 1. The molecule has 0 saturated carbocycles. The molecular weight excluding hydrogens is 240 g/mol. The van der Waals surface area contributed by atoms with Crippen LogP contribution in [0, 0.1) is 0 Å². The van der Waals surface area contributed by atoms with Crippen molar-refractivity contribution in [3.63, 3.8) is 0 Å². The van der Waals surface area contributed by atoms with E-state index in [0.717, 1.165) is 22.2 Å². The van der Waals surface area contributed by atoms with Crippen molar-refractivity contribution >= 4 is 23.3 Å². The van der Waals surface area contributed by atoms with Gasteiger partial charge in [0.25, 0.3) is 0 Å². The lowest BCUT2D eigenvalue weighted by Gasteiger charge is -2.08. The molecule has 1 aromatic heterocycles. The third-order valence-electron chi connectivity index (χ3n) is 2.76. The molecule has 0 aliphatic carbocycles. The molecule has 0 amide bonds. The van der Waals surface area contributed by atoms with Gasteiger partial charge in [-0.1, -0.05) is 0 Å². The Morgan fingerprint density at radius 1 is 1.47 bits per heavy atom. The lowest BCUT2D eigenvalue weighted by Crippen LogP contribution is -2.11. The molecule has 2 aromatic rings. The van der Waals surface area contributed by atoms with E-state index in [9.17, 15) is 0 Å². The van der Waals surface area contributed by atoms with Gasteiger partial charge in [0, 0.05) is 29.7 Å². The molecule has 2 rings (SSSR count). The topological polar surface area (TPSA) is 71.3 Å². The van der Waals surface area contributed by atoms with Gasteiger partial charge in [0.2, 0.25) is 0 Å². The number of nitrogens with two attached hydrogens (primary N) is 1. The summed E-state index contributed by atoms with van der Waals surface area (Å²) in [6, 6.07) is 5.67. The zero-order valence-corrected chi connectivity index (χ0v) is 10.5. The highest BCUT2D eigenvalue weighted by Crippen LogP contribution is 2.27. The molecule has 0 bridgehead atoms. The Bertz CT molecular complexity index is 484. The molecule has 0 radical (unpaired) electrons. The maximum Gasteiger partial charge on any atom is 0.119 e. The minimum absolute atomic E-state index is 0. The van der Waals surface area contributed by atoms with Gasteiger partial charge in [-0.15, -0.1) is 12.4 Å². The fourth-order valence-electron chi connectivity index (χ4n) is 1.85. The molecule has 1 aromatic carbocycles. The predicted molar refractivity (Wildman–Crippen MR) is 70.7 cm³/mol. The van der Waals surface area contributed by atoms with Crippen molar-refractivity contribution in [3.8, 4) is 5.75 Å². The first-order valence-corrected chi connectivity index (χ1v) is 5.27. The number of aliphatic hydroxyl groups is 1. The van der Waals surface area contributed by atoms with Crippen LogP contribution in [-0.2, 0) is 0 Å². The van der Waals surface area contributed by atoms with Crippen molar-refractivity contribution in [1.29, 1.82) is 0 Å². The lowest BCUT2D eigenvalue weighted by atomic mass is 10.0. The quantitative estimate of drug-likeness (QED) is 0.783. The van der Waals surface area contributed by atoms with Crippen LogP contribution in [0.2, 0.25) is 0 Å². The molecule has 4 N–H and O–H groups in total. The molecule has 0 fully saturated rings. The summed E-state index contributed by atoms with van der Waals surface area (Å²) in [6.45, 7) is 0.0950. The van der Waals surface area contributed by atoms with Crippen LogP contribution < -0.4 is 10.5 Å². The summed E-state index contributed by atoms with van der Waals surface area (Å²) >= 11 is 0. The van der Waals surface area contributed by atoms with E-state index in [2.05, 4.69) is 4.98 Å². The number of ether oxygens (including phenoxy) is 1. The molecule has 0 saturated heterocycles. The number of nitrogens with one attached hydrogen (secondary N) is 1. The highest BCUT2D eigenvalue weighted by Gasteiger charge is 2.11. The van der Waals surface area contributed by atoms with E-state index in [4.69, 9.17) is 15.6 Å². The highest BCUT2D eigenvalue weighted by molar-refractivity contribution is 5.85. The zero-order valence-electron chi connectivity index (χ0n) is 9.64. The standard InChI is InChI=1S/C12H16N2O2.ClH/c1-16-8-2-3-12-9(6-8)10(7-14-12)11(13)4-5-15;/h2-3,6-7,11,14-15H,4-5,13H2,1H3;1H/t11-;/m1./s1. The van der Waals surface area contributed by atoms with Gasteiger partial charge in [-0.2, -0.15) is 0 Å². The van der Waals surface area contributed by atoms with Gasteiger partial charge in [0.05, 0.1) is 7.11 Å². The first-order chi connectivity index (χ1) is 7.76. The number of methoxy groups -OCH3 is 1. The van der Waals surface area contributed by atoms with Crippen LogP contribution in [0.1, 0.15) is 18.0 Å². The second kappa shape index (κ2) is 5.91. The van der Waals surface area contributed by atoms with Gasteiger partial charge in [-0.25, -0.2) is 0 Å². The lowest BCUT2D eigenvalue weighted by molar-refractivity contribution is 0.277. The first-order valence-electron chi connectivity index (χ1n) is 5.27. The third-order valence-corrected chi connectivity index (χ3v) is 2.76. The summed E-state index contributed by atoms with van der Waals surface area (Å²) < 4.78 is 5.18. The van der Waals surface area contributed by atoms with E-state index in [1.807, 2.05) is 24.4 Å². The minimum Gasteiger partial charge on any atom is -0.497 e. The molecule has 5 heteroatoms. The SMILES string of the molecule is COc1ccc2[nH]cc([C@H](N)CCO)c2c1.Cl. The molecule has 4 nitrogen and oxygen atoms in total. The fourth-order valence-corrected chi connectivity index (χ4v) is 1.85. The van der Waals surface area contributed by atoms with Crippen LogP contribution >= 0.6 is 12.4 Å². The van der Waals surface area contributed by atoms with Crippen LogP contribution in [0.15, 0.2) is 24.4 Å². The monoisotopic (exact) mass is 256 g/mol. The average Bonchev–Trinajstić information content (AvgIpc) is 2.71. The van der Waals surface area contributed by atoms with E-state index >= 15 is 0 Å². The summed E-state index contributed by atoms with van der Waals surface area (Å²) in [5, 5.41) is 9.95. The van der Waals surface area contributed by atoms with Gasteiger partial charge >= 0.3 is 0 Å². The zero-order chi connectivity index (χ0) is 11.5. The van der Waals surface area contributed by atoms with Crippen LogP contribution in [0.25, 0.3) is 10.9 Å². The number of halogens is 1. The number of aliphatic hydroxyl groups excluding tert-OH is 1. The van der Waals surface area contributed by atoms with E-state index in [0.29, 0.717) is 6.42 Å². The van der Waals surface area contributed by atoms with Crippen molar-refractivity contribution in [2.45, 2.75) is 12.5 Å². The summed E-state index contributed by atoms with van der Waals surface area (Å²) in [6.07, 6.45) is 2.45. The van der Waals surface area contributed by atoms with E-state index in [-0.39, 0.29) is 25.1 Å². The molecule has 0 aliphatic rings. The largest absolute Gasteiger partial charge is 0.497 e. The number of aromatic amines is 1. The number of H-pyrrole nitrogens is 1. The van der Waals surface area contributed by atoms with E-state index < -0.39 is 0 Å². The maximum atomic E-state index is 8.89. The summed E-state index contributed by atoms with van der Waals surface area (Å²) in [5.41, 5.74) is 8.04. The van der Waals surface area contributed by atoms with Crippen LogP contribution in [0.4, 0.5) is 0 Å². The van der Waals surface area contributed by atoms with Gasteiger partial charge < -0.3 is 20.6 Å². The van der Waals surface area contributed by atoms with Crippen molar-refractivity contribution < 1.29 is 9.84 Å². The average molecular weight is 257 g/mol. The van der Waals surface area contributed by atoms with Gasteiger partial charge in [-0.3, -0.25) is 0 Å². The van der Waals surface area contributed by atoms with Crippen molar-refractivity contribution in [3.05, 3.63) is 30.0 Å². The molecule has 17 heavy (non-hydrogen) atoms. The molecule has 1 heterocycles. The molecule has 0 unspecified atom stereocenters. The van der Waals surface area contributed by atoms with Crippen molar-refractivity contribution in [2.24, 2.45) is 5.73 Å². The Morgan fingerprint density at radius 2 is 2.24 bits per heavy atom. The van der Waals surface area contributed by atoms with Gasteiger partial charge in [0.1, 0.15) is 5.75 Å². The van der Waals surface area contributed by atoms with E-state index in [1.54, 1.807) is 7.11 Å². The Hall–Kier alpha value is -1.23. The Kier molecular flexibility index (Phi) is 4.81. The fraction of sp³-hybridized carbons (Fsp3) is 0.333. The second-order valence-corrected chi connectivity index (χ2v) is 3.77. The van der Waals surface area contributed by atoms with Gasteiger partial charge in [0.15, 0.2) is 0 Å². The molecule has 1 atom stereocenters. The minimum atomic E-state index is -0.147. The molecule has 0 aliphatic heterocycles. The Labute approximate surface area is 106 Å². The molecular formula is C12H17ClN2O2. The van der Waals surface area contributed by atoms with Crippen LogP contribution in [0.5, 0.6) is 5.75 Å². The molecule has 94 valence electrons. The normalized spacial score (nSPS) is 12.2. The third kappa shape index (κ3) is 2.72. The summed E-state index contributed by atoms with van der Waals surface area (Å²) in [4.78, 5) is 3.16. The predicted octanol–water partition coefficient (Wildman–Crippen LogP) is 1.98. The molecule has 0 spiro atoms. The number of fused-ring (bicyclic) bond motifs is 1. The number of aromatic nitrogens is 1. The smallest absolute Gasteiger partial charge is 0.119 e. The summed E-state index contributed by atoms with van der Waals surface area (Å²) in [7, 11) is 1.64. The van der Waals surface area contributed by atoms with E-state index in [1.165, 1.54) is 0 Å². The van der Waals surface area contributed by atoms with Crippen molar-refractivity contribution in [1.82, 2.24) is 4.98 Å². The maximum absolute atomic E-state index is 8.89. The number of rotatable bonds is 4. The Morgan fingerprint density at radius 3 is 2.88 bits per heavy atom.